The lowest BCUT2D eigenvalue weighted by Gasteiger charge is -2.18. The summed E-state index contributed by atoms with van der Waals surface area (Å²) in [5.41, 5.74) is 0.802. The molecule has 6 heteroatoms. The Bertz CT molecular complexity index is 557. The molecule has 0 bridgehead atoms. The third-order valence-corrected chi connectivity index (χ3v) is 3.51. The van der Waals surface area contributed by atoms with Crippen LogP contribution in [0.5, 0.6) is 5.75 Å². The van der Waals surface area contributed by atoms with E-state index in [0.29, 0.717) is 17.3 Å². The minimum Gasteiger partial charge on any atom is -0.495 e. The van der Waals surface area contributed by atoms with Crippen LogP contribution in [0.25, 0.3) is 0 Å². The van der Waals surface area contributed by atoms with E-state index in [1.54, 1.807) is 13.3 Å². The molecule has 2 N–H and O–H groups in total. The second-order valence-electron chi connectivity index (χ2n) is 4.13. The third-order valence-electron chi connectivity index (χ3n) is 2.82. The number of hydrogen-bond acceptors (Lipinski definition) is 5. The minimum atomic E-state index is -0.338. The fourth-order valence-corrected chi connectivity index (χ4v) is 2.31. The summed E-state index contributed by atoms with van der Waals surface area (Å²) in [6.07, 6.45) is 2.32. The summed E-state index contributed by atoms with van der Waals surface area (Å²) in [5.74, 6) is 0.612. The van der Waals surface area contributed by atoms with Gasteiger partial charge in [0, 0.05) is 11.6 Å². The Morgan fingerprint density at radius 2 is 2.25 bits per heavy atom. The number of amides is 1. The Balaban J connectivity index is 2.06. The van der Waals surface area contributed by atoms with Crippen LogP contribution in [0.1, 0.15) is 13.3 Å². The Morgan fingerprint density at radius 1 is 1.45 bits per heavy atom. The van der Waals surface area contributed by atoms with Crippen molar-refractivity contribution in [2.75, 3.05) is 17.7 Å². The number of para-hydroxylation sites is 2. The zero-order valence-electron chi connectivity index (χ0n) is 11.4. The van der Waals surface area contributed by atoms with Crippen molar-refractivity contribution in [3.63, 3.8) is 0 Å². The Kier molecular flexibility index (Phi) is 4.95. The first kappa shape index (κ1) is 14.3. The molecule has 106 valence electrons. The number of hydrogen-bond donors (Lipinski definition) is 2. The van der Waals surface area contributed by atoms with Gasteiger partial charge in [-0.15, -0.1) is 11.3 Å². The van der Waals surface area contributed by atoms with Gasteiger partial charge in [0.1, 0.15) is 11.8 Å². The Morgan fingerprint density at radius 3 is 2.90 bits per heavy atom. The van der Waals surface area contributed by atoms with E-state index in [9.17, 15) is 4.79 Å². The van der Waals surface area contributed by atoms with Crippen LogP contribution in [0.2, 0.25) is 0 Å². The summed E-state index contributed by atoms with van der Waals surface area (Å²) in [7, 11) is 1.61. The monoisotopic (exact) mass is 291 g/mol. The summed E-state index contributed by atoms with van der Waals surface area (Å²) >= 11 is 1.40. The summed E-state index contributed by atoms with van der Waals surface area (Å²) in [6, 6.07) is 7.19. The highest BCUT2D eigenvalue weighted by atomic mass is 32.1. The van der Waals surface area contributed by atoms with E-state index in [2.05, 4.69) is 15.6 Å². The quantitative estimate of drug-likeness (QED) is 0.859. The molecule has 0 saturated heterocycles. The Labute approximate surface area is 122 Å². The molecule has 0 aliphatic carbocycles. The van der Waals surface area contributed by atoms with Crippen molar-refractivity contribution >= 4 is 28.1 Å². The molecule has 5 nitrogen and oxygen atoms in total. The van der Waals surface area contributed by atoms with Gasteiger partial charge in [-0.25, -0.2) is 4.98 Å². The zero-order chi connectivity index (χ0) is 14.4. The van der Waals surface area contributed by atoms with Crippen LogP contribution in [0, 0.1) is 0 Å². The number of ether oxygens (including phenoxy) is 1. The van der Waals surface area contributed by atoms with Crippen molar-refractivity contribution in [3.05, 3.63) is 35.8 Å². The molecule has 0 aliphatic rings. The average Bonchev–Trinajstić information content (AvgIpc) is 2.97. The number of thiazole rings is 1. The molecule has 0 aliphatic heterocycles. The van der Waals surface area contributed by atoms with Crippen LogP contribution < -0.4 is 15.4 Å². The third kappa shape index (κ3) is 3.48. The first-order chi connectivity index (χ1) is 9.74. The molecular weight excluding hydrogens is 274 g/mol. The number of aromatic nitrogens is 1. The maximum absolute atomic E-state index is 12.2. The van der Waals surface area contributed by atoms with Crippen molar-refractivity contribution in [1.82, 2.24) is 4.98 Å². The number of benzene rings is 1. The van der Waals surface area contributed by atoms with E-state index in [-0.39, 0.29) is 11.9 Å². The predicted octanol–water partition coefficient (Wildman–Crippen LogP) is 2.98. The van der Waals surface area contributed by atoms with Gasteiger partial charge < -0.3 is 15.4 Å². The minimum absolute atomic E-state index is 0.103. The molecule has 1 heterocycles. The molecule has 1 aromatic carbocycles. The Hall–Kier alpha value is -2.08. The van der Waals surface area contributed by atoms with Gasteiger partial charge in [-0.2, -0.15) is 0 Å². The van der Waals surface area contributed by atoms with E-state index in [1.807, 2.05) is 36.6 Å². The second-order valence-corrected chi connectivity index (χ2v) is 5.03. The number of nitrogens with one attached hydrogen (secondary N) is 2. The van der Waals surface area contributed by atoms with Gasteiger partial charge in [-0.05, 0) is 18.6 Å². The van der Waals surface area contributed by atoms with E-state index >= 15 is 0 Å². The molecule has 1 aromatic heterocycles. The first-order valence-electron chi connectivity index (χ1n) is 6.34. The molecule has 0 spiro atoms. The first-order valence-corrected chi connectivity index (χ1v) is 7.22. The largest absolute Gasteiger partial charge is 0.495 e. The standard InChI is InChI=1S/C14H17N3O2S/c1-3-10(13(18)17-14-15-8-9-20-14)16-11-6-4-5-7-12(11)19-2/h4-10,16H,3H2,1-2H3,(H,15,17,18)/t10-/m1/s1. The molecular formula is C14H17N3O2S. The predicted molar refractivity (Wildman–Crippen MR) is 81.4 cm³/mol. The van der Waals surface area contributed by atoms with Gasteiger partial charge in [0.15, 0.2) is 5.13 Å². The van der Waals surface area contributed by atoms with Crippen molar-refractivity contribution in [2.45, 2.75) is 19.4 Å². The SMILES string of the molecule is CC[C@@H](Nc1ccccc1OC)C(=O)Nc1nccs1. The highest BCUT2D eigenvalue weighted by Gasteiger charge is 2.18. The highest BCUT2D eigenvalue weighted by Crippen LogP contribution is 2.24. The van der Waals surface area contributed by atoms with Gasteiger partial charge >= 0.3 is 0 Å². The summed E-state index contributed by atoms with van der Waals surface area (Å²) in [5, 5.41) is 8.43. The zero-order valence-corrected chi connectivity index (χ0v) is 12.2. The molecule has 1 atom stereocenters. The van der Waals surface area contributed by atoms with Crippen LogP contribution in [0.15, 0.2) is 35.8 Å². The van der Waals surface area contributed by atoms with Crippen molar-refractivity contribution in [1.29, 1.82) is 0 Å². The number of carbonyl (C=O) groups excluding carboxylic acids is 1. The van der Waals surface area contributed by atoms with Crippen LogP contribution in [0.4, 0.5) is 10.8 Å². The summed E-state index contributed by atoms with van der Waals surface area (Å²) in [6.45, 7) is 1.95. The van der Waals surface area contributed by atoms with Crippen LogP contribution in [-0.4, -0.2) is 24.0 Å². The van der Waals surface area contributed by atoms with Crippen LogP contribution in [0.3, 0.4) is 0 Å². The van der Waals surface area contributed by atoms with Crippen molar-refractivity contribution in [3.8, 4) is 5.75 Å². The van der Waals surface area contributed by atoms with Gasteiger partial charge in [0.2, 0.25) is 5.91 Å². The molecule has 1 amide bonds. The van der Waals surface area contributed by atoms with Gasteiger partial charge in [-0.1, -0.05) is 19.1 Å². The molecule has 0 saturated carbocycles. The van der Waals surface area contributed by atoms with Crippen molar-refractivity contribution in [2.24, 2.45) is 0 Å². The summed E-state index contributed by atoms with van der Waals surface area (Å²) in [4.78, 5) is 16.2. The highest BCUT2D eigenvalue weighted by molar-refractivity contribution is 7.13. The van der Waals surface area contributed by atoms with E-state index in [1.165, 1.54) is 11.3 Å². The normalized spacial score (nSPS) is 11.7. The number of rotatable bonds is 6. The molecule has 20 heavy (non-hydrogen) atoms. The number of carbonyl (C=O) groups is 1. The smallest absolute Gasteiger partial charge is 0.248 e. The lowest BCUT2D eigenvalue weighted by atomic mass is 10.2. The topological polar surface area (TPSA) is 63.2 Å². The maximum atomic E-state index is 12.2. The average molecular weight is 291 g/mol. The second kappa shape index (κ2) is 6.91. The van der Waals surface area contributed by atoms with Gasteiger partial charge in [0.05, 0.1) is 12.8 Å². The van der Waals surface area contributed by atoms with E-state index < -0.39 is 0 Å². The van der Waals surface area contributed by atoms with Crippen molar-refractivity contribution < 1.29 is 9.53 Å². The van der Waals surface area contributed by atoms with Crippen LogP contribution >= 0.6 is 11.3 Å². The fraction of sp³-hybridized carbons (Fsp3) is 0.286. The van der Waals surface area contributed by atoms with Gasteiger partial charge in [0.25, 0.3) is 0 Å². The lowest BCUT2D eigenvalue weighted by molar-refractivity contribution is -0.116. The molecule has 2 aromatic rings. The molecule has 0 unspecified atom stereocenters. The van der Waals surface area contributed by atoms with E-state index in [0.717, 1.165) is 5.69 Å². The number of methoxy groups -OCH3 is 1. The molecule has 0 radical (unpaired) electrons. The van der Waals surface area contributed by atoms with Crippen LogP contribution in [-0.2, 0) is 4.79 Å². The maximum Gasteiger partial charge on any atom is 0.248 e. The lowest BCUT2D eigenvalue weighted by Crippen LogP contribution is -2.34. The number of nitrogens with zero attached hydrogens (tertiary/aromatic N) is 1. The molecule has 0 fully saturated rings. The van der Waals surface area contributed by atoms with Gasteiger partial charge in [-0.3, -0.25) is 4.79 Å². The fourth-order valence-electron chi connectivity index (χ4n) is 1.78. The summed E-state index contributed by atoms with van der Waals surface area (Å²) < 4.78 is 5.27. The van der Waals surface area contributed by atoms with E-state index in [4.69, 9.17) is 4.74 Å². The molecule has 2 rings (SSSR count). The number of anilines is 2.